The van der Waals surface area contributed by atoms with Crippen LogP contribution in [0, 0.1) is 11.3 Å². The third-order valence-corrected chi connectivity index (χ3v) is 4.07. The second-order valence-corrected chi connectivity index (χ2v) is 6.06. The molecule has 0 saturated heterocycles. The molecule has 3 rings (SSSR count). The van der Waals surface area contributed by atoms with Gasteiger partial charge in [-0.2, -0.15) is 23.5 Å². The van der Waals surface area contributed by atoms with Gasteiger partial charge >= 0.3 is 6.18 Å². The van der Waals surface area contributed by atoms with Gasteiger partial charge in [-0.15, -0.1) is 0 Å². The second kappa shape index (κ2) is 7.96. The number of aromatic nitrogens is 1. The number of halogens is 3. The third kappa shape index (κ3) is 4.38. The smallest absolute Gasteiger partial charge is 0.333 e. The topological polar surface area (TPSA) is 70.2 Å². The molecule has 1 amide bonds. The van der Waals surface area contributed by atoms with E-state index in [2.05, 4.69) is 16.6 Å². The van der Waals surface area contributed by atoms with Gasteiger partial charge in [-0.3, -0.25) is 4.79 Å². The van der Waals surface area contributed by atoms with Crippen molar-refractivity contribution in [1.29, 1.82) is 5.26 Å². The summed E-state index contributed by atoms with van der Waals surface area (Å²) < 4.78 is 40.0. The Labute approximate surface area is 158 Å². The highest BCUT2D eigenvalue weighted by molar-refractivity contribution is 5.99. The first-order valence-corrected chi connectivity index (χ1v) is 8.31. The van der Waals surface area contributed by atoms with Crippen molar-refractivity contribution in [3.8, 4) is 6.07 Å². The number of carbonyl (C=O) groups excluding carboxylic acids is 1. The Morgan fingerprint density at radius 2 is 2.00 bits per heavy atom. The molecular formula is C20H15F3N4O. The predicted molar refractivity (Wildman–Crippen MR) is 98.4 cm³/mol. The molecule has 0 unspecified atom stereocenters. The maximum atomic E-state index is 12.7. The fraction of sp³-hybridized carbons (Fsp3) is 0.150. The fourth-order valence-electron chi connectivity index (χ4n) is 2.84. The van der Waals surface area contributed by atoms with Gasteiger partial charge in [0.2, 0.25) is 5.91 Å². The van der Waals surface area contributed by atoms with Crippen LogP contribution in [-0.4, -0.2) is 16.7 Å². The van der Waals surface area contributed by atoms with E-state index in [1.807, 2.05) is 24.3 Å². The van der Waals surface area contributed by atoms with E-state index in [0.29, 0.717) is 5.56 Å². The van der Waals surface area contributed by atoms with Crippen LogP contribution in [0.5, 0.6) is 0 Å². The molecule has 8 heteroatoms. The number of hydrogen-bond acceptors (Lipinski definition) is 3. The zero-order valence-electron chi connectivity index (χ0n) is 14.6. The largest absolute Gasteiger partial charge is 0.416 e. The first kappa shape index (κ1) is 19.2. The number of nitrogens with one attached hydrogen (secondary N) is 1. The van der Waals surface area contributed by atoms with Crippen LogP contribution >= 0.6 is 0 Å². The molecule has 0 radical (unpaired) electrons. The normalized spacial score (nSPS) is 11.6. The molecule has 0 atom stereocenters. The van der Waals surface area contributed by atoms with Gasteiger partial charge in [0.1, 0.15) is 6.54 Å². The molecule has 5 nitrogen and oxygen atoms in total. The zero-order valence-corrected chi connectivity index (χ0v) is 14.6. The molecule has 1 heterocycles. The summed E-state index contributed by atoms with van der Waals surface area (Å²) in [5.41, 5.74) is 3.34. The van der Waals surface area contributed by atoms with Crippen molar-refractivity contribution in [2.24, 2.45) is 5.10 Å². The molecule has 0 aliphatic rings. The summed E-state index contributed by atoms with van der Waals surface area (Å²) in [6.45, 7) is 0.177. The molecule has 0 spiro atoms. The van der Waals surface area contributed by atoms with Crippen molar-refractivity contribution < 1.29 is 18.0 Å². The zero-order chi connectivity index (χ0) is 20.1. The van der Waals surface area contributed by atoms with Crippen LogP contribution in [0.4, 0.5) is 13.2 Å². The summed E-state index contributed by atoms with van der Waals surface area (Å²) in [6.07, 6.45) is -1.49. The number of carbonyl (C=O) groups is 1. The maximum absolute atomic E-state index is 12.7. The summed E-state index contributed by atoms with van der Waals surface area (Å²) in [5.74, 6) is -0.531. The molecule has 2 aromatic carbocycles. The first-order chi connectivity index (χ1) is 13.4. The van der Waals surface area contributed by atoms with Crippen LogP contribution in [-0.2, 0) is 23.9 Å². The van der Waals surface area contributed by atoms with Crippen molar-refractivity contribution in [2.45, 2.75) is 19.1 Å². The van der Waals surface area contributed by atoms with Gasteiger partial charge in [0.25, 0.3) is 0 Å². The highest BCUT2D eigenvalue weighted by Crippen LogP contribution is 2.29. The number of benzene rings is 2. The molecular weight excluding hydrogens is 369 g/mol. The van der Waals surface area contributed by atoms with Gasteiger partial charge < -0.3 is 4.57 Å². The Hall–Kier alpha value is -3.60. The van der Waals surface area contributed by atoms with E-state index in [1.54, 1.807) is 10.8 Å². The van der Waals surface area contributed by atoms with E-state index in [-0.39, 0.29) is 18.5 Å². The third-order valence-electron chi connectivity index (χ3n) is 4.07. The quantitative estimate of drug-likeness (QED) is 0.536. The monoisotopic (exact) mass is 384 g/mol. The molecule has 0 aliphatic carbocycles. The number of amides is 1. The molecule has 0 bridgehead atoms. The van der Waals surface area contributed by atoms with Crippen molar-refractivity contribution >= 4 is 23.0 Å². The summed E-state index contributed by atoms with van der Waals surface area (Å²) in [5, 5.41) is 13.7. The lowest BCUT2D eigenvalue weighted by molar-refractivity contribution is -0.137. The minimum absolute atomic E-state index is 0.177. The van der Waals surface area contributed by atoms with Gasteiger partial charge in [0, 0.05) is 22.7 Å². The highest BCUT2D eigenvalue weighted by atomic mass is 19.4. The number of rotatable bonds is 5. The van der Waals surface area contributed by atoms with E-state index in [4.69, 9.17) is 5.26 Å². The number of hydrazone groups is 1. The number of hydrogen-bond donors (Lipinski definition) is 1. The van der Waals surface area contributed by atoms with Gasteiger partial charge in [-0.1, -0.05) is 36.4 Å². The van der Waals surface area contributed by atoms with Crippen LogP contribution in [0.25, 0.3) is 10.9 Å². The van der Waals surface area contributed by atoms with Crippen LogP contribution in [0.1, 0.15) is 16.7 Å². The molecule has 0 saturated carbocycles. The molecule has 3 aromatic rings. The molecule has 142 valence electrons. The SMILES string of the molecule is N#CCn1cc(C=NNC(=O)Cc2cccc(C(F)(F)F)c2)c2ccccc21. The number of alkyl halides is 3. The van der Waals surface area contributed by atoms with Crippen LogP contribution in [0.2, 0.25) is 0 Å². The Kier molecular flexibility index (Phi) is 5.45. The minimum Gasteiger partial charge on any atom is -0.333 e. The number of nitriles is 1. The van der Waals surface area contributed by atoms with E-state index in [9.17, 15) is 18.0 Å². The summed E-state index contributed by atoms with van der Waals surface area (Å²) >= 11 is 0. The van der Waals surface area contributed by atoms with Gasteiger partial charge in [-0.05, 0) is 17.7 Å². The Morgan fingerprint density at radius 1 is 1.21 bits per heavy atom. The van der Waals surface area contributed by atoms with Gasteiger partial charge in [0.05, 0.1) is 24.3 Å². The molecule has 28 heavy (non-hydrogen) atoms. The lowest BCUT2D eigenvalue weighted by atomic mass is 10.1. The molecule has 1 aromatic heterocycles. The predicted octanol–water partition coefficient (Wildman–Crippen LogP) is 3.88. The second-order valence-electron chi connectivity index (χ2n) is 6.06. The Bertz CT molecular complexity index is 1080. The molecule has 0 fully saturated rings. The Balaban J connectivity index is 1.69. The van der Waals surface area contributed by atoms with Crippen molar-refractivity contribution in [1.82, 2.24) is 9.99 Å². The molecule has 1 N–H and O–H groups in total. The summed E-state index contributed by atoms with van der Waals surface area (Å²) in [6, 6.07) is 14.1. The molecule has 0 aliphatic heterocycles. The summed E-state index contributed by atoms with van der Waals surface area (Å²) in [7, 11) is 0. The number of para-hydroxylation sites is 1. The number of fused-ring (bicyclic) bond motifs is 1. The standard InChI is InChI=1S/C20H15F3N4O/c21-20(22,23)16-5-3-4-14(10-16)11-19(28)26-25-12-15-13-27(9-8-24)18-7-2-1-6-17(15)18/h1-7,10,12-13H,9,11H2,(H,26,28). The Morgan fingerprint density at radius 3 is 2.75 bits per heavy atom. The van der Waals surface area contributed by atoms with E-state index in [0.717, 1.165) is 23.0 Å². The lowest BCUT2D eigenvalue weighted by Crippen LogP contribution is -2.20. The van der Waals surface area contributed by atoms with Crippen molar-refractivity contribution in [3.63, 3.8) is 0 Å². The van der Waals surface area contributed by atoms with Crippen molar-refractivity contribution in [2.75, 3.05) is 0 Å². The van der Waals surface area contributed by atoms with Crippen LogP contribution in [0.3, 0.4) is 0 Å². The van der Waals surface area contributed by atoms with Crippen LogP contribution in [0.15, 0.2) is 59.8 Å². The van der Waals surface area contributed by atoms with E-state index < -0.39 is 17.6 Å². The highest BCUT2D eigenvalue weighted by Gasteiger charge is 2.30. The van der Waals surface area contributed by atoms with Crippen LogP contribution < -0.4 is 5.43 Å². The average molecular weight is 384 g/mol. The van der Waals surface area contributed by atoms with Gasteiger partial charge in [0.15, 0.2) is 0 Å². The average Bonchev–Trinajstić information content (AvgIpc) is 3.00. The van der Waals surface area contributed by atoms with E-state index in [1.165, 1.54) is 18.3 Å². The minimum atomic E-state index is -4.46. The van der Waals surface area contributed by atoms with Crippen molar-refractivity contribution in [3.05, 3.63) is 71.4 Å². The number of nitrogens with zero attached hydrogens (tertiary/aromatic N) is 3. The van der Waals surface area contributed by atoms with E-state index >= 15 is 0 Å². The first-order valence-electron chi connectivity index (χ1n) is 8.31. The lowest BCUT2D eigenvalue weighted by Gasteiger charge is -2.08. The fourth-order valence-corrected chi connectivity index (χ4v) is 2.84. The summed E-state index contributed by atoms with van der Waals surface area (Å²) in [4.78, 5) is 12.0. The van der Waals surface area contributed by atoms with Gasteiger partial charge in [-0.25, -0.2) is 5.43 Å². The maximum Gasteiger partial charge on any atom is 0.416 e.